The van der Waals surface area contributed by atoms with Crippen LogP contribution in [0, 0.1) is 0 Å². The van der Waals surface area contributed by atoms with Crippen molar-refractivity contribution >= 4 is 5.97 Å². The van der Waals surface area contributed by atoms with Crippen LogP contribution in [0.25, 0.3) is 0 Å². The summed E-state index contributed by atoms with van der Waals surface area (Å²) in [7, 11) is 0. The lowest BCUT2D eigenvalue weighted by Crippen LogP contribution is -1.96. The van der Waals surface area contributed by atoms with Crippen molar-refractivity contribution in [1.82, 2.24) is 0 Å². The fourth-order valence-corrected chi connectivity index (χ4v) is 1.35. The number of carboxylic acid groups (broad SMARTS) is 1. The van der Waals surface area contributed by atoms with Gasteiger partial charge >= 0.3 is 5.97 Å². The van der Waals surface area contributed by atoms with Crippen LogP contribution in [0.2, 0.25) is 0 Å². The van der Waals surface area contributed by atoms with Crippen molar-refractivity contribution in [3.05, 3.63) is 85.1 Å². The predicted molar refractivity (Wildman–Crippen MR) is 91.1 cm³/mol. The van der Waals surface area contributed by atoms with Crippen LogP contribution in [-0.2, 0) is 4.79 Å². The lowest BCUT2D eigenvalue weighted by Gasteiger charge is -1.90. The van der Waals surface area contributed by atoms with Crippen LogP contribution >= 0.6 is 0 Å². The molecule has 1 N–H and O–H groups in total. The van der Waals surface area contributed by atoms with Crippen molar-refractivity contribution in [2.45, 2.75) is 26.2 Å². The molecule has 0 fully saturated rings. The molecule has 0 saturated carbocycles. The van der Waals surface area contributed by atoms with Crippen molar-refractivity contribution < 1.29 is 9.90 Å². The van der Waals surface area contributed by atoms with E-state index in [0.29, 0.717) is 0 Å². The van der Waals surface area contributed by atoms with E-state index in [1.165, 1.54) is 12.8 Å². The smallest absolute Gasteiger partial charge is 0.335 e. The van der Waals surface area contributed by atoms with Gasteiger partial charge in [0.2, 0.25) is 0 Å². The molecule has 0 aliphatic carbocycles. The highest BCUT2D eigenvalue weighted by atomic mass is 16.4. The first kappa shape index (κ1) is 18.7. The van der Waals surface area contributed by atoms with Crippen molar-refractivity contribution in [3.63, 3.8) is 0 Å². The number of hydrogen-bond donors (Lipinski definition) is 1. The molecule has 0 unspecified atom stereocenters. The fraction of sp³-hybridized carbons (Fsp3) is 0.211. The van der Waals surface area contributed by atoms with Gasteiger partial charge in [-0.3, -0.25) is 0 Å². The van der Waals surface area contributed by atoms with Crippen LogP contribution in [-0.4, -0.2) is 11.1 Å². The maximum atomic E-state index is 11.0. The van der Waals surface area contributed by atoms with Gasteiger partial charge in [-0.2, -0.15) is 0 Å². The van der Waals surface area contributed by atoms with Gasteiger partial charge in [0, 0.05) is 0 Å². The van der Waals surface area contributed by atoms with Gasteiger partial charge in [0.25, 0.3) is 0 Å². The average Bonchev–Trinajstić information content (AvgIpc) is 2.47. The zero-order valence-corrected chi connectivity index (χ0v) is 12.6. The zero-order chi connectivity index (χ0) is 15.8. The molecule has 0 saturated heterocycles. The first-order valence-electron chi connectivity index (χ1n) is 7.11. The normalized spacial score (nSPS) is 13.5. The van der Waals surface area contributed by atoms with Gasteiger partial charge in [0.15, 0.2) is 0 Å². The van der Waals surface area contributed by atoms with E-state index in [9.17, 15) is 4.79 Å². The molecule has 0 aliphatic heterocycles. The van der Waals surface area contributed by atoms with Crippen LogP contribution in [0.15, 0.2) is 85.1 Å². The van der Waals surface area contributed by atoms with Gasteiger partial charge in [-0.25, -0.2) is 4.79 Å². The Hall–Kier alpha value is -2.35. The van der Waals surface area contributed by atoms with Gasteiger partial charge in [-0.1, -0.05) is 87.1 Å². The monoisotopic (exact) mass is 284 g/mol. The van der Waals surface area contributed by atoms with Crippen LogP contribution in [0.4, 0.5) is 0 Å². The Labute approximate surface area is 127 Å². The SMILES string of the molecule is C=CC=CC=CC=CC(=CC=CC=CCCCC)C(=O)O. The zero-order valence-electron chi connectivity index (χ0n) is 12.6. The largest absolute Gasteiger partial charge is 0.478 e. The summed E-state index contributed by atoms with van der Waals surface area (Å²) < 4.78 is 0. The molecule has 0 aromatic heterocycles. The molecule has 0 bridgehead atoms. The van der Waals surface area contributed by atoms with Crippen LogP contribution in [0.5, 0.6) is 0 Å². The van der Waals surface area contributed by atoms with E-state index < -0.39 is 5.97 Å². The highest BCUT2D eigenvalue weighted by Crippen LogP contribution is 2.00. The average molecular weight is 284 g/mol. The van der Waals surface area contributed by atoms with Crippen LogP contribution in [0.3, 0.4) is 0 Å². The molecular formula is C19H24O2. The van der Waals surface area contributed by atoms with E-state index in [1.807, 2.05) is 24.3 Å². The molecule has 0 radical (unpaired) electrons. The molecule has 2 nitrogen and oxygen atoms in total. The molecule has 21 heavy (non-hydrogen) atoms. The van der Waals surface area contributed by atoms with E-state index in [1.54, 1.807) is 42.5 Å². The van der Waals surface area contributed by atoms with Gasteiger partial charge in [-0.15, -0.1) is 0 Å². The van der Waals surface area contributed by atoms with Crippen molar-refractivity contribution in [1.29, 1.82) is 0 Å². The minimum absolute atomic E-state index is 0.241. The summed E-state index contributed by atoms with van der Waals surface area (Å²) in [5, 5.41) is 9.06. The second kappa shape index (κ2) is 14.1. The summed E-state index contributed by atoms with van der Waals surface area (Å²) >= 11 is 0. The van der Waals surface area contributed by atoms with E-state index >= 15 is 0 Å². The Bertz CT molecular complexity index is 472. The standard InChI is InChI=1S/C19H24O2/c1-3-5-7-9-11-13-15-17-18(19(20)21)16-14-12-10-8-6-4-2/h4,6,8-17H,2-3,5,7H2,1H3,(H,20,21). The molecule has 2 heteroatoms. The lowest BCUT2D eigenvalue weighted by atomic mass is 10.2. The molecule has 112 valence electrons. The summed E-state index contributed by atoms with van der Waals surface area (Å²) in [6.45, 7) is 5.71. The van der Waals surface area contributed by atoms with Crippen molar-refractivity contribution in [2.24, 2.45) is 0 Å². The van der Waals surface area contributed by atoms with E-state index in [-0.39, 0.29) is 5.57 Å². The summed E-state index contributed by atoms with van der Waals surface area (Å²) in [6, 6.07) is 0. The lowest BCUT2D eigenvalue weighted by molar-refractivity contribution is -0.132. The summed E-state index contributed by atoms with van der Waals surface area (Å²) in [5.41, 5.74) is 0.241. The Kier molecular flexibility index (Phi) is 12.5. The number of aliphatic carboxylic acids is 1. The number of unbranched alkanes of at least 4 members (excludes halogenated alkanes) is 2. The molecule has 0 aliphatic rings. The van der Waals surface area contributed by atoms with Crippen LogP contribution in [0.1, 0.15) is 26.2 Å². The summed E-state index contributed by atoms with van der Waals surface area (Å²) in [6.07, 6.45) is 24.7. The van der Waals surface area contributed by atoms with Gasteiger partial charge in [0.1, 0.15) is 0 Å². The Morgan fingerprint density at radius 3 is 2.33 bits per heavy atom. The summed E-state index contributed by atoms with van der Waals surface area (Å²) in [5.74, 6) is -0.944. The van der Waals surface area contributed by atoms with Gasteiger partial charge in [0.05, 0.1) is 5.57 Å². The van der Waals surface area contributed by atoms with Crippen LogP contribution < -0.4 is 0 Å². The third-order valence-corrected chi connectivity index (χ3v) is 2.46. The Morgan fingerprint density at radius 2 is 1.67 bits per heavy atom. The minimum Gasteiger partial charge on any atom is -0.478 e. The van der Waals surface area contributed by atoms with Gasteiger partial charge in [-0.05, 0) is 18.6 Å². The Balaban J connectivity index is 4.47. The second-order valence-corrected chi connectivity index (χ2v) is 4.25. The molecule has 0 rings (SSSR count). The summed E-state index contributed by atoms with van der Waals surface area (Å²) in [4.78, 5) is 11.0. The number of carbonyl (C=O) groups is 1. The highest BCUT2D eigenvalue weighted by Gasteiger charge is 1.99. The number of hydrogen-bond acceptors (Lipinski definition) is 1. The number of carboxylic acids is 1. The molecule has 0 heterocycles. The topological polar surface area (TPSA) is 37.3 Å². The predicted octanol–water partition coefficient (Wildman–Crippen LogP) is 5.15. The molecule has 0 aromatic rings. The van der Waals surface area contributed by atoms with E-state index in [4.69, 9.17) is 5.11 Å². The third kappa shape index (κ3) is 12.4. The molecular weight excluding hydrogens is 260 g/mol. The molecule has 0 aromatic carbocycles. The maximum Gasteiger partial charge on any atom is 0.335 e. The van der Waals surface area contributed by atoms with E-state index in [2.05, 4.69) is 19.6 Å². The van der Waals surface area contributed by atoms with Crippen molar-refractivity contribution in [3.8, 4) is 0 Å². The Morgan fingerprint density at radius 1 is 1.00 bits per heavy atom. The minimum atomic E-state index is -0.944. The second-order valence-electron chi connectivity index (χ2n) is 4.25. The molecule has 0 atom stereocenters. The maximum absolute atomic E-state index is 11.0. The first-order valence-corrected chi connectivity index (χ1v) is 7.11. The van der Waals surface area contributed by atoms with E-state index in [0.717, 1.165) is 6.42 Å². The molecule has 0 spiro atoms. The molecule has 0 amide bonds. The third-order valence-electron chi connectivity index (χ3n) is 2.46. The number of rotatable bonds is 10. The quantitative estimate of drug-likeness (QED) is 0.342. The number of allylic oxidation sites excluding steroid dienone is 11. The van der Waals surface area contributed by atoms with Crippen molar-refractivity contribution in [2.75, 3.05) is 0 Å². The van der Waals surface area contributed by atoms with Gasteiger partial charge < -0.3 is 5.11 Å². The fourth-order valence-electron chi connectivity index (χ4n) is 1.35. The first-order chi connectivity index (χ1) is 10.2. The highest BCUT2D eigenvalue weighted by molar-refractivity contribution is 5.90.